The Kier molecular flexibility index (Phi) is 5.24. The molecule has 0 aromatic carbocycles. The van der Waals surface area contributed by atoms with Gasteiger partial charge < -0.3 is 20.1 Å². The average Bonchev–Trinajstić information content (AvgIpc) is 2.61. The number of hydrogen-bond donors (Lipinski definition) is 1. The number of aromatic nitrogens is 2. The molecule has 1 aliphatic heterocycles. The van der Waals surface area contributed by atoms with Crippen LogP contribution in [0.15, 0.2) is 23.1 Å². The lowest BCUT2D eigenvalue weighted by molar-refractivity contribution is 0.0377. The highest BCUT2D eigenvalue weighted by molar-refractivity contribution is 5.90. The number of ether oxygens (including phenoxy) is 2. The molecule has 3 rings (SSSR count). The number of hydrogen-bond acceptors (Lipinski definition) is 7. The van der Waals surface area contributed by atoms with Gasteiger partial charge in [0.2, 0.25) is 0 Å². The number of carbonyl (C=O) groups excluding carboxylic acids is 1. The number of carbonyl (C=O) groups is 1. The lowest BCUT2D eigenvalue weighted by Gasteiger charge is -2.28. The molecule has 8 heteroatoms. The van der Waals surface area contributed by atoms with Crippen molar-refractivity contribution in [3.05, 3.63) is 39.8 Å². The van der Waals surface area contributed by atoms with Crippen molar-refractivity contribution in [3.63, 3.8) is 0 Å². The first-order valence-corrected chi connectivity index (χ1v) is 8.73. The van der Waals surface area contributed by atoms with Gasteiger partial charge in [-0.25, -0.2) is 9.78 Å². The molecule has 2 N–H and O–H groups in total. The molecule has 0 spiro atoms. The Hall–Kier alpha value is -2.45. The third-order valence-electron chi connectivity index (χ3n) is 4.18. The molecule has 1 atom stereocenters. The summed E-state index contributed by atoms with van der Waals surface area (Å²) in [7, 11) is 0. The van der Waals surface area contributed by atoms with Crippen LogP contribution in [0.1, 0.15) is 42.7 Å². The monoisotopic (exact) mass is 360 g/mol. The molecular formula is C18H24N4O4. The first-order chi connectivity index (χ1) is 12.4. The fraction of sp³-hybridized carbons (Fsp3) is 0.500. The van der Waals surface area contributed by atoms with Gasteiger partial charge in [0.05, 0.1) is 24.9 Å². The Morgan fingerprint density at radius 1 is 1.27 bits per heavy atom. The number of nitrogens with zero attached hydrogens (tertiary/aromatic N) is 3. The second kappa shape index (κ2) is 7.43. The van der Waals surface area contributed by atoms with Crippen LogP contribution in [-0.2, 0) is 9.47 Å². The number of rotatable bonds is 4. The minimum absolute atomic E-state index is 0.254. The maximum atomic E-state index is 12.7. The average molecular weight is 360 g/mol. The molecule has 0 aliphatic carbocycles. The maximum absolute atomic E-state index is 12.7. The van der Waals surface area contributed by atoms with Gasteiger partial charge in [-0.05, 0) is 26.8 Å². The van der Waals surface area contributed by atoms with Crippen LogP contribution in [0.3, 0.4) is 0 Å². The van der Waals surface area contributed by atoms with E-state index in [0.29, 0.717) is 43.3 Å². The normalized spacial score (nSPS) is 16.1. The number of nitrogens with two attached hydrogens (primary N) is 1. The van der Waals surface area contributed by atoms with Crippen molar-refractivity contribution in [2.24, 2.45) is 5.73 Å². The van der Waals surface area contributed by atoms with Gasteiger partial charge >= 0.3 is 5.97 Å². The molecule has 1 fully saturated rings. The quantitative estimate of drug-likeness (QED) is 0.816. The highest BCUT2D eigenvalue weighted by atomic mass is 16.5. The van der Waals surface area contributed by atoms with Crippen molar-refractivity contribution in [1.29, 1.82) is 0 Å². The number of fused-ring (bicyclic) bond motifs is 1. The van der Waals surface area contributed by atoms with Crippen LogP contribution in [0.5, 0.6) is 0 Å². The SMILES string of the molecule is CC(C)OC(=O)c1cc([C@@H](C)N)c2nc(N3CCOCC3)cc(=O)n2c1. The molecular weight excluding hydrogens is 336 g/mol. The van der Waals surface area contributed by atoms with Crippen LogP contribution in [0, 0.1) is 0 Å². The summed E-state index contributed by atoms with van der Waals surface area (Å²) in [6.07, 6.45) is 1.21. The Bertz CT molecular complexity index is 869. The van der Waals surface area contributed by atoms with E-state index in [1.165, 1.54) is 16.7 Å². The van der Waals surface area contributed by atoms with E-state index in [2.05, 4.69) is 4.98 Å². The molecule has 0 amide bonds. The lowest BCUT2D eigenvalue weighted by atomic mass is 10.1. The van der Waals surface area contributed by atoms with Crippen molar-refractivity contribution in [2.75, 3.05) is 31.2 Å². The molecule has 0 unspecified atom stereocenters. The van der Waals surface area contributed by atoms with Gasteiger partial charge in [0.15, 0.2) is 0 Å². The first-order valence-electron chi connectivity index (χ1n) is 8.73. The minimum Gasteiger partial charge on any atom is -0.459 e. The summed E-state index contributed by atoms with van der Waals surface area (Å²) in [5.41, 5.74) is 7.18. The van der Waals surface area contributed by atoms with E-state index in [0.717, 1.165) is 0 Å². The van der Waals surface area contributed by atoms with Crippen molar-refractivity contribution in [2.45, 2.75) is 32.9 Å². The maximum Gasteiger partial charge on any atom is 0.339 e. The Labute approximate surface area is 151 Å². The molecule has 2 aromatic heterocycles. The number of esters is 1. The van der Waals surface area contributed by atoms with Crippen LogP contribution in [-0.4, -0.2) is 47.8 Å². The van der Waals surface area contributed by atoms with Crippen LogP contribution in [0.25, 0.3) is 5.65 Å². The Morgan fingerprint density at radius 3 is 2.58 bits per heavy atom. The van der Waals surface area contributed by atoms with E-state index < -0.39 is 12.0 Å². The van der Waals surface area contributed by atoms with E-state index >= 15 is 0 Å². The minimum atomic E-state index is -0.493. The van der Waals surface area contributed by atoms with E-state index in [-0.39, 0.29) is 17.2 Å². The lowest BCUT2D eigenvalue weighted by Crippen LogP contribution is -2.37. The summed E-state index contributed by atoms with van der Waals surface area (Å²) in [6, 6.07) is 2.73. The van der Waals surface area contributed by atoms with Crippen LogP contribution in [0.2, 0.25) is 0 Å². The van der Waals surface area contributed by atoms with Gasteiger partial charge in [-0.1, -0.05) is 0 Å². The second-order valence-electron chi connectivity index (χ2n) is 6.67. The van der Waals surface area contributed by atoms with Crippen molar-refractivity contribution >= 4 is 17.4 Å². The van der Waals surface area contributed by atoms with Crippen molar-refractivity contribution in [3.8, 4) is 0 Å². The molecule has 26 heavy (non-hydrogen) atoms. The predicted octanol–water partition coefficient (Wildman–Crippen LogP) is 1.12. The number of anilines is 1. The highest BCUT2D eigenvalue weighted by Gasteiger charge is 2.19. The van der Waals surface area contributed by atoms with Crippen molar-refractivity contribution in [1.82, 2.24) is 9.38 Å². The Morgan fingerprint density at radius 2 is 1.96 bits per heavy atom. The van der Waals surface area contributed by atoms with E-state index in [1.54, 1.807) is 26.8 Å². The summed E-state index contributed by atoms with van der Waals surface area (Å²) in [4.78, 5) is 31.6. The van der Waals surface area contributed by atoms with Crippen LogP contribution in [0.4, 0.5) is 5.82 Å². The summed E-state index contributed by atoms with van der Waals surface area (Å²) >= 11 is 0. The van der Waals surface area contributed by atoms with Gasteiger partial charge in [-0.3, -0.25) is 9.20 Å². The zero-order chi connectivity index (χ0) is 18.8. The van der Waals surface area contributed by atoms with Crippen molar-refractivity contribution < 1.29 is 14.3 Å². The van der Waals surface area contributed by atoms with E-state index in [4.69, 9.17) is 15.2 Å². The fourth-order valence-corrected chi connectivity index (χ4v) is 2.90. The van der Waals surface area contributed by atoms with Gasteiger partial charge in [-0.2, -0.15) is 0 Å². The summed E-state index contributed by atoms with van der Waals surface area (Å²) in [5, 5.41) is 0. The Balaban J connectivity index is 2.13. The predicted molar refractivity (Wildman–Crippen MR) is 97.6 cm³/mol. The van der Waals surface area contributed by atoms with E-state index in [1.807, 2.05) is 4.90 Å². The molecule has 0 bridgehead atoms. The molecule has 8 nitrogen and oxygen atoms in total. The van der Waals surface area contributed by atoms with Gasteiger partial charge in [-0.15, -0.1) is 0 Å². The smallest absolute Gasteiger partial charge is 0.339 e. The number of pyridine rings is 1. The first kappa shape index (κ1) is 18.3. The zero-order valence-electron chi connectivity index (χ0n) is 15.3. The molecule has 2 aromatic rings. The van der Waals surface area contributed by atoms with Gasteiger partial charge in [0, 0.05) is 37.0 Å². The van der Waals surface area contributed by atoms with E-state index in [9.17, 15) is 9.59 Å². The second-order valence-corrected chi connectivity index (χ2v) is 6.67. The molecule has 0 saturated carbocycles. The summed E-state index contributed by atoms with van der Waals surface area (Å²) in [6.45, 7) is 7.88. The summed E-state index contributed by atoms with van der Waals surface area (Å²) < 4.78 is 12.0. The number of morpholine rings is 1. The summed E-state index contributed by atoms with van der Waals surface area (Å²) in [5.74, 6) is 0.102. The highest BCUT2D eigenvalue weighted by Crippen LogP contribution is 2.20. The molecule has 0 radical (unpaired) electrons. The molecule has 1 aliphatic rings. The van der Waals surface area contributed by atoms with Gasteiger partial charge in [0.1, 0.15) is 11.5 Å². The molecule has 1 saturated heterocycles. The van der Waals surface area contributed by atoms with Crippen LogP contribution >= 0.6 is 0 Å². The molecule has 3 heterocycles. The third kappa shape index (κ3) is 3.71. The topological polar surface area (TPSA) is 99.2 Å². The fourth-order valence-electron chi connectivity index (χ4n) is 2.90. The standard InChI is InChI=1S/C18H24N4O4/c1-11(2)26-18(24)13-8-14(12(3)19)17-20-15(9-16(23)22(17)10-13)21-4-6-25-7-5-21/h8-12H,4-7,19H2,1-3H3/t12-/m1/s1. The zero-order valence-corrected chi connectivity index (χ0v) is 15.3. The molecule has 140 valence electrons. The third-order valence-corrected chi connectivity index (χ3v) is 4.18. The van der Waals surface area contributed by atoms with Crippen LogP contribution < -0.4 is 16.2 Å². The largest absolute Gasteiger partial charge is 0.459 e. The van der Waals surface area contributed by atoms with Gasteiger partial charge in [0.25, 0.3) is 5.56 Å².